The molecule has 0 aromatic heterocycles. The number of carbonyl (C=O) groups is 1. The summed E-state index contributed by atoms with van der Waals surface area (Å²) < 4.78 is 0. The van der Waals surface area contributed by atoms with Gasteiger partial charge in [0.15, 0.2) is 0 Å². The van der Waals surface area contributed by atoms with Gasteiger partial charge < -0.3 is 11.1 Å². The maximum Gasteiger partial charge on any atom is 0.283 e. The lowest BCUT2D eigenvalue weighted by molar-refractivity contribution is -0.385. The Bertz CT molecular complexity index is 516. The third kappa shape index (κ3) is 3.91. The predicted molar refractivity (Wildman–Crippen MR) is 77.9 cm³/mol. The van der Waals surface area contributed by atoms with E-state index in [9.17, 15) is 14.9 Å². The first-order chi connectivity index (χ1) is 9.33. The minimum Gasteiger partial charge on any atom is -0.350 e. The van der Waals surface area contributed by atoms with Crippen LogP contribution >= 0.6 is 11.6 Å². The number of nitrogens with one attached hydrogen (secondary N) is 1. The second-order valence-corrected chi connectivity index (χ2v) is 5.11. The summed E-state index contributed by atoms with van der Waals surface area (Å²) >= 11 is 5.70. The van der Waals surface area contributed by atoms with Gasteiger partial charge in [-0.1, -0.05) is 25.4 Å². The topological polar surface area (TPSA) is 98.3 Å². The summed E-state index contributed by atoms with van der Waals surface area (Å²) in [5.41, 5.74) is 5.24. The van der Waals surface area contributed by atoms with Crippen LogP contribution in [0.15, 0.2) is 18.2 Å². The molecule has 110 valence electrons. The lowest BCUT2D eigenvalue weighted by Gasteiger charge is -2.26. The van der Waals surface area contributed by atoms with E-state index in [1.807, 2.05) is 13.8 Å². The highest BCUT2D eigenvalue weighted by atomic mass is 35.5. The fourth-order valence-electron chi connectivity index (χ4n) is 1.70. The highest BCUT2D eigenvalue weighted by Crippen LogP contribution is 2.23. The molecule has 0 unspecified atom stereocenters. The van der Waals surface area contributed by atoms with E-state index >= 15 is 0 Å². The molecule has 0 saturated heterocycles. The Morgan fingerprint density at radius 1 is 1.45 bits per heavy atom. The molecule has 0 aliphatic carbocycles. The van der Waals surface area contributed by atoms with E-state index in [-0.39, 0.29) is 22.8 Å². The average Bonchev–Trinajstić information content (AvgIpc) is 2.44. The largest absolute Gasteiger partial charge is 0.350 e. The Balaban J connectivity index is 2.91. The van der Waals surface area contributed by atoms with E-state index in [4.69, 9.17) is 17.3 Å². The maximum absolute atomic E-state index is 12.0. The van der Waals surface area contributed by atoms with Crippen LogP contribution < -0.4 is 11.1 Å². The molecule has 1 aromatic rings. The number of amides is 1. The smallest absolute Gasteiger partial charge is 0.283 e. The molecule has 0 fully saturated rings. The Hall–Kier alpha value is -1.66. The van der Waals surface area contributed by atoms with Crippen molar-refractivity contribution >= 4 is 23.2 Å². The predicted octanol–water partition coefficient (Wildman–Crippen LogP) is 2.50. The summed E-state index contributed by atoms with van der Waals surface area (Å²) in [6, 6.07) is 3.94. The monoisotopic (exact) mass is 299 g/mol. The Kier molecular flexibility index (Phi) is 5.47. The molecule has 6 nitrogen and oxygen atoms in total. The van der Waals surface area contributed by atoms with E-state index in [1.54, 1.807) is 0 Å². The van der Waals surface area contributed by atoms with Gasteiger partial charge in [0.2, 0.25) is 0 Å². The quantitative estimate of drug-likeness (QED) is 0.623. The highest BCUT2D eigenvalue weighted by Gasteiger charge is 2.24. The first-order valence-electron chi connectivity index (χ1n) is 6.34. The summed E-state index contributed by atoms with van der Waals surface area (Å²) in [6.45, 7) is 4.12. The second-order valence-electron chi connectivity index (χ2n) is 4.67. The van der Waals surface area contributed by atoms with Gasteiger partial charge in [0.05, 0.1) is 4.92 Å². The van der Waals surface area contributed by atoms with Crippen LogP contribution in [0.3, 0.4) is 0 Å². The summed E-state index contributed by atoms with van der Waals surface area (Å²) in [7, 11) is 0. The van der Waals surface area contributed by atoms with Crippen LogP contribution in [0, 0.1) is 10.1 Å². The number of carbonyl (C=O) groups excluding carboxylic acids is 1. The molecule has 3 N–H and O–H groups in total. The van der Waals surface area contributed by atoms with E-state index in [0.717, 1.165) is 6.07 Å². The molecule has 0 atom stereocenters. The third-order valence-corrected chi connectivity index (χ3v) is 3.65. The molecular weight excluding hydrogens is 282 g/mol. The number of nitrogens with zero attached hydrogens (tertiary/aromatic N) is 1. The lowest BCUT2D eigenvalue weighted by atomic mass is 9.94. The Morgan fingerprint density at radius 2 is 2.05 bits per heavy atom. The van der Waals surface area contributed by atoms with Crippen LogP contribution in [0.1, 0.15) is 37.0 Å². The Morgan fingerprint density at radius 3 is 2.55 bits per heavy atom. The SMILES string of the molecule is CCC(N)(CC)CNC(=O)c1ccc(Cl)cc1[N+](=O)[O-]. The molecule has 1 amide bonds. The fourth-order valence-corrected chi connectivity index (χ4v) is 1.87. The molecule has 1 aromatic carbocycles. The van der Waals surface area contributed by atoms with Crippen molar-refractivity contribution in [2.75, 3.05) is 6.54 Å². The van der Waals surface area contributed by atoms with Gasteiger partial charge in [0.1, 0.15) is 5.56 Å². The van der Waals surface area contributed by atoms with E-state index < -0.39 is 16.4 Å². The summed E-state index contributed by atoms with van der Waals surface area (Å²) in [5, 5.41) is 13.8. The maximum atomic E-state index is 12.0. The molecule has 0 aliphatic heterocycles. The standard InChI is InChI=1S/C13H18ClN3O3/c1-3-13(15,4-2)8-16-12(18)10-6-5-9(14)7-11(10)17(19)20/h5-7H,3-4,8,15H2,1-2H3,(H,16,18). The van der Waals surface area contributed by atoms with Gasteiger partial charge in [-0.2, -0.15) is 0 Å². The zero-order chi connectivity index (χ0) is 15.3. The summed E-state index contributed by atoms with van der Waals surface area (Å²) in [5.74, 6) is -0.523. The Labute approximate surface area is 122 Å². The van der Waals surface area contributed by atoms with Gasteiger partial charge in [-0.25, -0.2) is 0 Å². The summed E-state index contributed by atoms with van der Waals surface area (Å²) in [4.78, 5) is 22.4. The van der Waals surface area contributed by atoms with Gasteiger partial charge in [0.25, 0.3) is 11.6 Å². The van der Waals surface area contributed by atoms with Gasteiger partial charge in [0, 0.05) is 23.2 Å². The normalized spacial score (nSPS) is 11.2. The van der Waals surface area contributed by atoms with Crippen LogP contribution in [0.5, 0.6) is 0 Å². The van der Waals surface area contributed by atoms with Crippen molar-refractivity contribution in [2.24, 2.45) is 5.73 Å². The van der Waals surface area contributed by atoms with Crippen molar-refractivity contribution in [1.29, 1.82) is 0 Å². The van der Waals surface area contributed by atoms with Crippen molar-refractivity contribution in [1.82, 2.24) is 5.32 Å². The number of hydrogen-bond donors (Lipinski definition) is 2. The van der Waals surface area contributed by atoms with Crippen molar-refractivity contribution in [3.8, 4) is 0 Å². The van der Waals surface area contributed by atoms with Crippen molar-refractivity contribution in [2.45, 2.75) is 32.2 Å². The molecule has 7 heteroatoms. The van der Waals surface area contributed by atoms with Crippen LogP contribution in [-0.2, 0) is 0 Å². The first kappa shape index (κ1) is 16.4. The van der Waals surface area contributed by atoms with Crippen LogP contribution in [0.25, 0.3) is 0 Å². The molecular formula is C13H18ClN3O3. The van der Waals surface area contributed by atoms with Crippen molar-refractivity contribution < 1.29 is 9.72 Å². The van der Waals surface area contributed by atoms with E-state index in [2.05, 4.69) is 5.32 Å². The minimum absolute atomic E-state index is 0.0195. The number of nitrogens with two attached hydrogens (primary N) is 1. The van der Waals surface area contributed by atoms with Crippen molar-refractivity contribution in [3.63, 3.8) is 0 Å². The number of benzene rings is 1. The third-order valence-electron chi connectivity index (χ3n) is 3.41. The average molecular weight is 300 g/mol. The zero-order valence-electron chi connectivity index (χ0n) is 11.5. The van der Waals surface area contributed by atoms with Gasteiger partial charge in [-0.15, -0.1) is 0 Å². The number of nitro benzene ring substituents is 1. The minimum atomic E-state index is -0.629. The number of rotatable bonds is 6. The fraction of sp³-hybridized carbons (Fsp3) is 0.462. The van der Waals surface area contributed by atoms with Crippen LogP contribution in [-0.4, -0.2) is 22.9 Å². The second kappa shape index (κ2) is 6.67. The van der Waals surface area contributed by atoms with Crippen LogP contribution in [0.4, 0.5) is 5.69 Å². The van der Waals surface area contributed by atoms with Gasteiger partial charge in [-0.05, 0) is 25.0 Å². The lowest BCUT2D eigenvalue weighted by Crippen LogP contribution is -2.49. The van der Waals surface area contributed by atoms with E-state index in [0.29, 0.717) is 12.8 Å². The molecule has 0 saturated carbocycles. The van der Waals surface area contributed by atoms with Gasteiger partial charge >= 0.3 is 0 Å². The van der Waals surface area contributed by atoms with Gasteiger partial charge in [-0.3, -0.25) is 14.9 Å². The number of halogens is 1. The molecule has 0 aliphatic rings. The highest BCUT2D eigenvalue weighted by molar-refractivity contribution is 6.31. The van der Waals surface area contributed by atoms with Crippen molar-refractivity contribution in [3.05, 3.63) is 38.9 Å². The molecule has 0 spiro atoms. The molecule has 20 heavy (non-hydrogen) atoms. The number of hydrogen-bond acceptors (Lipinski definition) is 4. The first-order valence-corrected chi connectivity index (χ1v) is 6.71. The zero-order valence-corrected chi connectivity index (χ0v) is 12.2. The summed E-state index contributed by atoms with van der Waals surface area (Å²) in [6.07, 6.45) is 1.40. The molecule has 0 bridgehead atoms. The number of nitro groups is 1. The molecule has 0 radical (unpaired) electrons. The van der Waals surface area contributed by atoms with E-state index in [1.165, 1.54) is 12.1 Å². The molecule has 1 rings (SSSR count). The molecule has 0 heterocycles. The van der Waals surface area contributed by atoms with Crippen LogP contribution in [0.2, 0.25) is 5.02 Å².